The molecule has 3 aromatic carbocycles. The van der Waals surface area contributed by atoms with E-state index >= 15 is 0 Å². The van der Waals surface area contributed by atoms with E-state index in [9.17, 15) is 9.59 Å². The van der Waals surface area contributed by atoms with Gasteiger partial charge in [0, 0.05) is 15.1 Å². The van der Waals surface area contributed by atoms with Gasteiger partial charge in [0.25, 0.3) is 5.91 Å². The first-order valence-electron chi connectivity index (χ1n) is 9.40. The number of ether oxygens (including phenoxy) is 2. The lowest BCUT2D eigenvalue weighted by Crippen LogP contribution is -2.24. The molecule has 10 heteroatoms. The number of halogens is 4. The average molecular weight is 660 g/mol. The fourth-order valence-corrected chi connectivity index (χ4v) is 4.79. The Hall–Kier alpha value is -2.20. The van der Waals surface area contributed by atoms with Gasteiger partial charge in [0.05, 0.1) is 20.7 Å². The van der Waals surface area contributed by atoms with Gasteiger partial charge in [-0.15, -0.1) is 0 Å². The molecule has 0 aliphatic rings. The third-order valence-corrected chi connectivity index (χ3v) is 6.03. The minimum absolute atomic E-state index is 0.255. The lowest BCUT2D eigenvalue weighted by atomic mass is 10.1. The second-order valence-corrected chi connectivity index (χ2v) is 9.78. The first kappa shape index (κ1) is 25.4. The lowest BCUT2D eigenvalue weighted by molar-refractivity contribution is -0.123. The number of nitrogens with zero attached hydrogens (tertiary/aromatic N) is 1. The highest BCUT2D eigenvalue weighted by Crippen LogP contribution is 2.33. The maximum absolute atomic E-state index is 12.6. The Balaban J connectivity index is 1.68. The van der Waals surface area contributed by atoms with Crippen molar-refractivity contribution in [2.45, 2.75) is 6.92 Å². The van der Waals surface area contributed by atoms with Crippen LogP contribution in [0.25, 0.3) is 0 Å². The molecule has 0 bridgehead atoms. The van der Waals surface area contributed by atoms with Crippen molar-refractivity contribution in [2.75, 3.05) is 6.61 Å². The normalized spacial score (nSPS) is 10.8. The molecule has 0 fully saturated rings. The quantitative estimate of drug-likeness (QED) is 0.133. The third kappa shape index (κ3) is 7.40. The van der Waals surface area contributed by atoms with E-state index < -0.39 is 11.9 Å². The fourth-order valence-electron chi connectivity index (χ4n) is 2.65. The molecule has 0 saturated carbocycles. The molecule has 0 aromatic heterocycles. The summed E-state index contributed by atoms with van der Waals surface area (Å²) in [6.07, 6.45) is 1.38. The number of nitrogens with one attached hydrogen (secondary N) is 1. The monoisotopic (exact) mass is 656 g/mol. The summed E-state index contributed by atoms with van der Waals surface area (Å²) in [6.45, 7) is 1.64. The first-order valence-corrected chi connectivity index (χ1v) is 12.2. The number of hydrogen-bond donors (Lipinski definition) is 1. The van der Waals surface area contributed by atoms with Crippen LogP contribution in [0, 0.1) is 6.92 Å². The Morgan fingerprint density at radius 3 is 2.58 bits per heavy atom. The molecule has 0 saturated heterocycles. The van der Waals surface area contributed by atoms with Crippen LogP contribution in [-0.2, 0) is 4.79 Å². The third-order valence-electron chi connectivity index (χ3n) is 4.13. The molecule has 0 unspecified atom stereocenters. The van der Waals surface area contributed by atoms with Gasteiger partial charge in [-0.05, 0) is 81.2 Å². The van der Waals surface area contributed by atoms with Gasteiger partial charge in [-0.2, -0.15) is 5.10 Å². The molecule has 3 rings (SSSR count). The Kier molecular flexibility index (Phi) is 9.08. The molecule has 6 nitrogen and oxygen atoms in total. The number of benzene rings is 3. The molecule has 0 atom stereocenters. The summed E-state index contributed by atoms with van der Waals surface area (Å²) < 4.78 is 13.0. The standard InChI is InChI=1S/C23H16Br3ClN2O4/c1-13-3-2-4-14(7-13)23(31)33-22-15(8-16(24)9-19(22)26)11-28-29-21(30)12-32-20-6-5-17(27)10-18(20)25/h2-11H,12H2,1H3,(H,29,30)/b28-11+. The Labute approximate surface area is 220 Å². The molecule has 33 heavy (non-hydrogen) atoms. The molecular formula is C23H16Br3ClN2O4. The summed E-state index contributed by atoms with van der Waals surface area (Å²) in [5.41, 5.74) is 4.22. The van der Waals surface area contributed by atoms with Gasteiger partial charge in [0.1, 0.15) is 5.75 Å². The Bertz CT molecular complexity index is 1230. The number of esters is 1. The maximum Gasteiger partial charge on any atom is 0.343 e. The van der Waals surface area contributed by atoms with E-state index in [1.807, 2.05) is 13.0 Å². The van der Waals surface area contributed by atoms with Crippen LogP contribution in [-0.4, -0.2) is 24.7 Å². The summed E-state index contributed by atoms with van der Waals surface area (Å²) >= 11 is 16.0. The van der Waals surface area contributed by atoms with Gasteiger partial charge >= 0.3 is 5.97 Å². The van der Waals surface area contributed by atoms with Crippen LogP contribution in [0.2, 0.25) is 5.02 Å². The van der Waals surface area contributed by atoms with E-state index in [-0.39, 0.29) is 12.4 Å². The molecule has 0 spiro atoms. The zero-order valence-electron chi connectivity index (χ0n) is 17.1. The second kappa shape index (κ2) is 11.8. The number of rotatable bonds is 7. The van der Waals surface area contributed by atoms with Crippen LogP contribution in [0.15, 0.2) is 73.1 Å². The molecule has 3 aromatic rings. The van der Waals surface area contributed by atoms with Gasteiger partial charge in [-0.1, -0.05) is 45.2 Å². The number of hydrazone groups is 1. The molecule has 1 N–H and O–H groups in total. The van der Waals surface area contributed by atoms with Crippen molar-refractivity contribution in [3.05, 3.63) is 89.7 Å². The van der Waals surface area contributed by atoms with Gasteiger partial charge in [0.2, 0.25) is 0 Å². The smallest absolute Gasteiger partial charge is 0.343 e. The molecule has 170 valence electrons. The molecule has 0 aliphatic carbocycles. The van der Waals surface area contributed by atoms with E-state index in [2.05, 4.69) is 58.3 Å². The Morgan fingerprint density at radius 1 is 1.06 bits per heavy atom. The molecular weight excluding hydrogens is 643 g/mol. The van der Waals surface area contributed by atoms with Crippen molar-refractivity contribution in [3.63, 3.8) is 0 Å². The second-order valence-electron chi connectivity index (χ2n) is 6.72. The molecule has 1 amide bonds. The van der Waals surface area contributed by atoms with E-state index in [0.717, 1.165) is 10.0 Å². The van der Waals surface area contributed by atoms with Crippen LogP contribution in [0.1, 0.15) is 21.5 Å². The van der Waals surface area contributed by atoms with Crippen LogP contribution >= 0.6 is 59.4 Å². The molecule has 0 aliphatic heterocycles. The minimum atomic E-state index is -0.512. The summed E-state index contributed by atoms with van der Waals surface area (Å²) in [5, 5.41) is 4.50. The average Bonchev–Trinajstić information content (AvgIpc) is 2.75. The van der Waals surface area contributed by atoms with E-state index in [4.69, 9.17) is 21.1 Å². The predicted octanol–water partition coefficient (Wildman–Crippen LogP) is 6.68. The van der Waals surface area contributed by atoms with Crippen molar-refractivity contribution >= 4 is 77.5 Å². The SMILES string of the molecule is Cc1cccc(C(=O)Oc2c(Br)cc(Br)cc2/C=N/NC(=O)COc2ccc(Cl)cc2Br)c1. The van der Waals surface area contributed by atoms with Crippen LogP contribution in [0.4, 0.5) is 0 Å². The van der Waals surface area contributed by atoms with Gasteiger partial charge in [-0.3, -0.25) is 4.79 Å². The summed E-state index contributed by atoms with van der Waals surface area (Å²) in [5.74, 6) is -0.244. The van der Waals surface area contributed by atoms with Crippen LogP contribution < -0.4 is 14.9 Å². The van der Waals surface area contributed by atoms with Crippen LogP contribution in [0.3, 0.4) is 0 Å². The van der Waals surface area contributed by atoms with Crippen molar-refractivity contribution < 1.29 is 19.1 Å². The number of hydrogen-bond acceptors (Lipinski definition) is 5. The van der Waals surface area contributed by atoms with Crippen molar-refractivity contribution in [3.8, 4) is 11.5 Å². The fraction of sp³-hybridized carbons (Fsp3) is 0.0870. The summed E-state index contributed by atoms with van der Waals surface area (Å²) in [7, 11) is 0. The highest BCUT2D eigenvalue weighted by molar-refractivity contribution is 9.11. The number of carbonyl (C=O) groups excluding carboxylic acids is 2. The van der Waals surface area contributed by atoms with Gasteiger partial charge in [0.15, 0.2) is 12.4 Å². The number of carbonyl (C=O) groups is 2. The van der Waals surface area contributed by atoms with E-state index in [1.165, 1.54) is 6.21 Å². The zero-order valence-corrected chi connectivity index (χ0v) is 22.6. The minimum Gasteiger partial charge on any atom is -0.483 e. The largest absolute Gasteiger partial charge is 0.483 e. The zero-order chi connectivity index (χ0) is 24.0. The topological polar surface area (TPSA) is 77.0 Å². The summed E-state index contributed by atoms with van der Waals surface area (Å²) in [6, 6.07) is 15.5. The Morgan fingerprint density at radius 2 is 1.85 bits per heavy atom. The highest BCUT2D eigenvalue weighted by atomic mass is 79.9. The lowest BCUT2D eigenvalue weighted by Gasteiger charge is -2.11. The maximum atomic E-state index is 12.6. The van der Waals surface area contributed by atoms with E-state index in [0.29, 0.717) is 30.8 Å². The van der Waals surface area contributed by atoms with Crippen molar-refractivity contribution in [1.29, 1.82) is 0 Å². The number of amides is 1. The number of aryl methyl sites for hydroxylation is 1. The van der Waals surface area contributed by atoms with Gasteiger partial charge in [-0.25, -0.2) is 10.2 Å². The highest BCUT2D eigenvalue weighted by Gasteiger charge is 2.15. The van der Waals surface area contributed by atoms with Crippen molar-refractivity contribution in [2.24, 2.45) is 5.10 Å². The van der Waals surface area contributed by atoms with E-state index in [1.54, 1.807) is 48.5 Å². The van der Waals surface area contributed by atoms with Crippen molar-refractivity contribution in [1.82, 2.24) is 5.43 Å². The predicted molar refractivity (Wildman–Crippen MR) is 138 cm³/mol. The van der Waals surface area contributed by atoms with Crippen LogP contribution in [0.5, 0.6) is 11.5 Å². The summed E-state index contributed by atoms with van der Waals surface area (Å²) in [4.78, 5) is 24.7. The molecule has 0 heterocycles. The van der Waals surface area contributed by atoms with Gasteiger partial charge < -0.3 is 9.47 Å². The molecule has 0 radical (unpaired) electrons. The first-order chi connectivity index (χ1) is 15.7.